The first kappa shape index (κ1) is 21.1. The lowest BCUT2D eigenvalue weighted by atomic mass is 9.83. The Morgan fingerprint density at radius 2 is 1.96 bits per heavy atom. The third kappa shape index (κ3) is 5.69. The number of hydrogen-bond donors (Lipinski definition) is 2. The van der Waals surface area contributed by atoms with E-state index in [2.05, 4.69) is 39.2 Å². The van der Waals surface area contributed by atoms with Crippen molar-refractivity contribution in [2.24, 2.45) is 10.4 Å². The Labute approximate surface area is 169 Å². The molecule has 0 atom stereocenters. The number of nitrogens with zero attached hydrogens (tertiary/aromatic N) is 4. The molecule has 0 spiro atoms. The number of aliphatic imine (C=N–C) groups is 1. The zero-order valence-corrected chi connectivity index (χ0v) is 17.8. The van der Waals surface area contributed by atoms with Crippen molar-refractivity contribution in [3.63, 3.8) is 0 Å². The number of fused-ring (bicyclic) bond motifs is 1. The van der Waals surface area contributed by atoms with Crippen LogP contribution in [0.15, 0.2) is 4.99 Å². The molecule has 7 heteroatoms. The highest BCUT2D eigenvalue weighted by Gasteiger charge is 2.33. The average Bonchev–Trinajstić information content (AvgIpc) is 3.25. The third-order valence-corrected chi connectivity index (χ3v) is 6.18. The first-order valence-corrected chi connectivity index (χ1v) is 11.3. The second-order valence-corrected chi connectivity index (χ2v) is 8.20. The molecule has 3 rings (SSSR count). The molecule has 2 N–H and O–H groups in total. The molecule has 0 radical (unpaired) electrons. The molecule has 2 heterocycles. The summed E-state index contributed by atoms with van der Waals surface area (Å²) in [5.41, 5.74) is 0.345. The lowest BCUT2D eigenvalue weighted by molar-refractivity contribution is 0.105. The van der Waals surface area contributed by atoms with Crippen LogP contribution in [0.2, 0.25) is 0 Å². The van der Waals surface area contributed by atoms with Crippen LogP contribution in [0.25, 0.3) is 0 Å². The highest BCUT2D eigenvalue weighted by molar-refractivity contribution is 5.79. The highest BCUT2D eigenvalue weighted by Crippen LogP contribution is 2.40. The van der Waals surface area contributed by atoms with Gasteiger partial charge in [0, 0.05) is 39.3 Å². The summed E-state index contributed by atoms with van der Waals surface area (Å²) in [6.45, 7) is 9.26. The molecule has 158 valence electrons. The fourth-order valence-corrected chi connectivity index (χ4v) is 4.50. The van der Waals surface area contributed by atoms with Crippen molar-refractivity contribution in [3.8, 4) is 0 Å². The minimum Gasteiger partial charge on any atom is -0.382 e. The molecule has 1 fully saturated rings. The summed E-state index contributed by atoms with van der Waals surface area (Å²) in [6, 6.07) is 0. The second-order valence-electron chi connectivity index (χ2n) is 8.20. The molecule has 0 bridgehead atoms. The Morgan fingerprint density at radius 1 is 1.11 bits per heavy atom. The lowest BCUT2D eigenvalue weighted by Crippen LogP contribution is -2.43. The van der Waals surface area contributed by atoms with Gasteiger partial charge in [-0.2, -0.15) is 0 Å². The summed E-state index contributed by atoms with van der Waals surface area (Å²) < 4.78 is 7.92. The Hall–Kier alpha value is -1.63. The van der Waals surface area contributed by atoms with E-state index in [-0.39, 0.29) is 0 Å². The number of aryl methyl sites for hydroxylation is 1. The van der Waals surface area contributed by atoms with Crippen LogP contribution in [0.5, 0.6) is 0 Å². The van der Waals surface area contributed by atoms with E-state index in [9.17, 15) is 0 Å². The minimum atomic E-state index is 0.345. The number of nitrogens with one attached hydrogen (secondary N) is 2. The maximum absolute atomic E-state index is 5.64. The second kappa shape index (κ2) is 10.8. The molecular formula is C21H38N6O. The van der Waals surface area contributed by atoms with E-state index < -0.39 is 0 Å². The van der Waals surface area contributed by atoms with Crippen LogP contribution in [-0.2, 0) is 24.2 Å². The maximum atomic E-state index is 5.64. The quantitative estimate of drug-likeness (QED) is 0.385. The zero-order chi connectivity index (χ0) is 19.7. The van der Waals surface area contributed by atoms with Crippen LogP contribution < -0.4 is 10.6 Å². The average molecular weight is 391 g/mol. The predicted octanol–water partition coefficient (Wildman–Crippen LogP) is 3.05. The van der Waals surface area contributed by atoms with Gasteiger partial charge >= 0.3 is 0 Å². The molecule has 1 aromatic heterocycles. The summed E-state index contributed by atoms with van der Waals surface area (Å²) in [5, 5.41) is 15.8. The zero-order valence-electron chi connectivity index (χ0n) is 17.8. The normalized spacial score (nSPS) is 19.3. The van der Waals surface area contributed by atoms with E-state index in [0.29, 0.717) is 12.0 Å². The summed E-state index contributed by atoms with van der Waals surface area (Å²) in [6.07, 6.45) is 11.1. The number of aromatic nitrogens is 3. The first-order valence-electron chi connectivity index (χ1n) is 11.3. The summed E-state index contributed by atoms with van der Waals surface area (Å²) in [5.74, 6) is 3.00. The fraction of sp³-hybridized carbons (Fsp3) is 0.857. The number of guanidine groups is 1. The van der Waals surface area contributed by atoms with E-state index >= 15 is 0 Å². The van der Waals surface area contributed by atoms with E-state index in [0.717, 1.165) is 63.3 Å². The maximum Gasteiger partial charge on any atom is 0.191 e. The Balaban J connectivity index is 1.60. The molecule has 7 nitrogen and oxygen atoms in total. The van der Waals surface area contributed by atoms with Crippen molar-refractivity contribution in [1.82, 2.24) is 25.4 Å². The van der Waals surface area contributed by atoms with Crippen molar-refractivity contribution in [2.45, 2.75) is 84.7 Å². The van der Waals surface area contributed by atoms with Gasteiger partial charge in [0.2, 0.25) is 0 Å². The standard InChI is InChI=1S/C21H38N6O/c1-3-22-20(24-17-21(11-7-8-12-21)13-15-28-4-2)23-16-19-26-25-18-10-6-5-9-14-27(18)19/h3-17H2,1-2H3,(H2,22,23,24). The van der Waals surface area contributed by atoms with Gasteiger partial charge in [-0.3, -0.25) is 0 Å². The molecule has 0 amide bonds. The summed E-state index contributed by atoms with van der Waals surface area (Å²) in [4.78, 5) is 4.82. The van der Waals surface area contributed by atoms with Gasteiger partial charge < -0.3 is 19.9 Å². The highest BCUT2D eigenvalue weighted by atomic mass is 16.5. The molecule has 1 aliphatic heterocycles. The van der Waals surface area contributed by atoms with Crippen molar-refractivity contribution in [3.05, 3.63) is 11.6 Å². The smallest absolute Gasteiger partial charge is 0.191 e. The van der Waals surface area contributed by atoms with Gasteiger partial charge in [0.15, 0.2) is 11.8 Å². The number of hydrogen-bond acceptors (Lipinski definition) is 4. The number of ether oxygens (including phenoxy) is 1. The van der Waals surface area contributed by atoms with E-state index in [4.69, 9.17) is 9.73 Å². The van der Waals surface area contributed by atoms with Crippen LogP contribution in [-0.4, -0.2) is 47.0 Å². The van der Waals surface area contributed by atoms with Gasteiger partial charge in [-0.25, -0.2) is 4.99 Å². The SMILES string of the molecule is CCNC(=NCc1nnc2n1CCCCC2)NCC1(CCOCC)CCCC1. The van der Waals surface area contributed by atoms with Crippen molar-refractivity contribution >= 4 is 5.96 Å². The predicted molar refractivity (Wildman–Crippen MR) is 112 cm³/mol. The van der Waals surface area contributed by atoms with Gasteiger partial charge in [-0.15, -0.1) is 10.2 Å². The first-order chi connectivity index (χ1) is 13.8. The molecular weight excluding hydrogens is 352 g/mol. The van der Waals surface area contributed by atoms with Gasteiger partial charge in [0.05, 0.1) is 0 Å². The summed E-state index contributed by atoms with van der Waals surface area (Å²) >= 11 is 0. The van der Waals surface area contributed by atoms with Crippen molar-refractivity contribution in [2.75, 3.05) is 26.3 Å². The molecule has 2 aliphatic rings. The Bertz CT molecular complexity index is 620. The van der Waals surface area contributed by atoms with Crippen LogP contribution >= 0.6 is 0 Å². The van der Waals surface area contributed by atoms with Gasteiger partial charge in [-0.1, -0.05) is 19.3 Å². The lowest BCUT2D eigenvalue weighted by Gasteiger charge is -2.30. The van der Waals surface area contributed by atoms with Crippen LogP contribution in [0, 0.1) is 5.41 Å². The molecule has 1 aliphatic carbocycles. The van der Waals surface area contributed by atoms with Crippen LogP contribution in [0.1, 0.15) is 76.9 Å². The van der Waals surface area contributed by atoms with Gasteiger partial charge in [-0.05, 0) is 51.4 Å². The molecule has 0 aromatic carbocycles. The topological polar surface area (TPSA) is 76.4 Å². The van der Waals surface area contributed by atoms with Gasteiger partial charge in [0.1, 0.15) is 12.4 Å². The largest absolute Gasteiger partial charge is 0.382 e. The molecule has 28 heavy (non-hydrogen) atoms. The molecule has 1 saturated carbocycles. The third-order valence-electron chi connectivity index (χ3n) is 6.18. The van der Waals surface area contributed by atoms with E-state index in [1.165, 1.54) is 44.9 Å². The van der Waals surface area contributed by atoms with E-state index in [1.807, 2.05) is 0 Å². The van der Waals surface area contributed by atoms with Crippen LogP contribution in [0.3, 0.4) is 0 Å². The molecule has 1 aromatic rings. The van der Waals surface area contributed by atoms with Gasteiger partial charge in [0.25, 0.3) is 0 Å². The Kier molecular flexibility index (Phi) is 8.13. The summed E-state index contributed by atoms with van der Waals surface area (Å²) in [7, 11) is 0. The minimum absolute atomic E-state index is 0.345. The number of rotatable bonds is 9. The Morgan fingerprint density at radius 3 is 2.75 bits per heavy atom. The monoisotopic (exact) mass is 390 g/mol. The molecule has 0 unspecified atom stereocenters. The van der Waals surface area contributed by atoms with Crippen molar-refractivity contribution in [1.29, 1.82) is 0 Å². The fourth-order valence-electron chi connectivity index (χ4n) is 4.50. The van der Waals surface area contributed by atoms with E-state index in [1.54, 1.807) is 0 Å². The molecule has 0 saturated heterocycles. The van der Waals surface area contributed by atoms with Crippen molar-refractivity contribution < 1.29 is 4.74 Å². The van der Waals surface area contributed by atoms with Crippen LogP contribution in [0.4, 0.5) is 0 Å².